The van der Waals surface area contributed by atoms with Crippen LogP contribution in [0, 0.1) is 24.0 Å². The molecule has 2 aliphatic heterocycles. The van der Waals surface area contributed by atoms with Crippen LogP contribution in [0.1, 0.15) is 72.6 Å². The van der Waals surface area contributed by atoms with Crippen molar-refractivity contribution in [2.75, 3.05) is 14.2 Å². The lowest BCUT2D eigenvalue weighted by Crippen LogP contribution is -2.02. The quantitative estimate of drug-likeness (QED) is 0.184. The number of aromatic nitrogens is 4. The van der Waals surface area contributed by atoms with Gasteiger partial charge in [-0.25, -0.2) is 9.97 Å². The number of carbonyl (C=O) groups excluding carboxylic acids is 2. The molecule has 43 heavy (non-hydrogen) atoms. The number of allylic oxidation sites excluding steroid dienone is 3. The summed E-state index contributed by atoms with van der Waals surface area (Å²) in [6.45, 7) is 7.58. The SMILES string of the molecule is COC(=O)CCC1=C(C)c2cc3nc(c([N+](=O)[O-])c4[nH]c(cc4C)cc4[nH]c(cc1n2)c(CCC(=O)OC)c4C)C=C3C. The Morgan fingerprint density at radius 1 is 0.860 bits per heavy atom. The van der Waals surface area contributed by atoms with Gasteiger partial charge >= 0.3 is 17.6 Å². The van der Waals surface area contributed by atoms with Gasteiger partial charge in [-0.2, -0.15) is 0 Å². The number of rotatable bonds is 7. The van der Waals surface area contributed by atoms with Gasteiger partial charge in [0.15, 0.2) is 0 Å². The highest BCUT2D eigenvalue weighted by Gasteiger charge is 2.24. The van der Waals surface area contributed by atoms with E-state index >= 15 is 0 Å². The summed E-state index contributed by atoms with van der Waals surface area (Å²) in [5.41, 5.74) is 9.72. The average molecular weight is 584 g/mol. The van der Waals surface area contributed by atoms with Gasteiger partial charge in [0.25, 0.3) is 0 Å². The Kier molecular flexibility index (Phi) is 7.99. The largest absolute Gasteiger partial charge is 0.469 e. The molecular weight excluding hydrogens is 550 g/mol. The van der Waals surface area contributed by atoms with Crippen molar-refractivity contribution in [3.63, 3.8) is 0 Å². The summed E-state index contributed by atoms with van der Waals surface area (Å²) in [6, 6.07) is 7.52. The molecule has 5 heterocycles. The van der Waals surface area contributed by atoms with Crippen LogP contribution in [0.25, 0.3) is 44.9 Å². The van der Waals surface area contributed by atoms with Gasteiger partial charge < -0.3 is 19.4 Å². The zero-order chi connectivity index (χ0) is 31.0. The van der Waals surface area contributed by atoms with Crippen LogP contribution in [0.2, 0.25) is 0 Å². The Morgan fingerprint density at radius 2 is 1.56 bits per heavy atom. The van der Waals surface area contributed by atoms with Crippen molar-refractivity contribution in [2.45, 2.75) is 53.4 Å². The number of ether oxygens (including phenoxy) is 2. The van der Waals surface area contributed by atoms with Crippen LogP contribution in [0.3, 0.4) is 0 Å². The number of hydrogen-bond donors (Lipinski definition) is 2. The van der Waals surface area contributed by atoms with Gasteiger partial charge in [0, 0.05) is 29.4 Å². The fourth-order valence-corrected chi connectivity index (χ4v) is 5.57. The van der Waals surface area contributed by atoms with Crippen LogP contribution < -0.4 is 0 Å². The van der Waals surface area contributed by atoms with Gasteiger partial charge in [0.2, 0.25) is 0 Å². The molecule has 0 aliphatic carbocycles. The molecule has 0 aromatic carbocycles. The molecule has 3 aromatic rings. The monoisotopic (exact) mass is 583 g/mol. The maximum absolute atomic E-state index is 12.4. The lowest BCUT2D eigenvalue weighted by molar-refractivity contribution is -0.383. The van der Waals surface area contributed by atoms with Crippen molar-refractivity contribution in [3.05, 3.63) is 73.8 Å². The molecule has 11 nitrogen and oxygen atoms in total. The van der Waals surface area contributed by atoms with Crippen LogP contribution in [0.15, 0.2) is 24.3 Å². The summed E-state index contributed by atoms with van der Waals surface area (Å²) in [5.74, 6) is -0.652. The zero-order valence-corrected chi connectivity index (χ0v) is 25.0. The first kappa shape index (κ1) is 29.4. The third-order valence-corrected chi connectivity index (χ3v) is 8.00. The van der Waals surface area contributed by atoms with Gasteiger partial charge in [0.05, 0.1) is 36.2 Å². The van der Waals surface area contributed by atoms with E-state index < -0.39 is 4.92 Å². The Hall–Kier alpha value is -5.06. The molecular formula is C32H33N5O6. The molecule has 11 heteroatoms. The third kappa shape index (κ3) is 5.70. The van der Waals surface area contributed by atoms with E-state index in [1.807, 2.05) is 52.0 Å². The summed E-state index contributed by atoms with van der Waals surface area (Å²) in [5, 5.41) is 12.4. The van der Waals surface area contributed by atoms with Gasteiger partial charge in [-0.1, -0.05) is 0 Å². The Morgan fingerprint density at radius 3 is 2.23 bits per heavy atom. The molecule has 3 aromatic heterocycles. The van der Waals surface area contributed by atoms with E-state index in [0.717, 1.165) is 38.9 Å². The fraction of sp³-hybridized carbons (Fsp3) is 0.312. The zero-order valence-electron chi connectivity index (χ0n) is 25.0. The summed E-state index contributed by atoms with van der Waals surface area (Å²) in [4.78, 5) is 52.4. The first-order chi connectivity index (χ1) is 20.5. The number of methoxy groups -OCH3 is 2. The van der Waals surface area contributed by atoms with E-state index in [2.05, 4.69) is 15.0 Å². The minimum absolute atomic E-state index is 0.116. The number of esters is 2. The van der Waals surface area contributed by atoms with Crippen molar-refractivity contribution in [3.8, 4) is 0 Å². The molecule has 0 amide bonds. The maximum Gasteiger partial charge on any atom is 0.318 e. The molecule has 0 saturated carbocycles. The lowest BCUT2D eigenvalue weighted by atomic mass is 10.00. The average Bonchev–Trinajstić information content (AvgIpc) is 3.67. The van der Waals surface area contributed by atoms with Gasteiger partial charge in [-0.3, -0.25) is 19.7 Å². The number of hydrogen-bond acceptors (Lipinski definition) is 8. The van der Waals surface area contributed by atoms with Gasteiger partial charge in [-0.05, 0) is 104 Å². The van der Waals surface area contributed by atoms with E-state index in [0.29, 0.717) is 46.5 Å². The minimum atomic E-state index is -0.412. The van der Waals surface area contributed by atoms with Crippen molar-refractivity contribution in [2.24, 2.45) is 0 Å². The highest BCUT2D eigenvalue weighted by molar-refractivity contribution is 5.95. The van der Waals surface area contributed by atoms with Crippen molar-refractivity contribution in [1.82, 2.24) is 19.9 Å². The lowest BCUT2D eigenvalue weighted by Gasteiger charge is -2.04. The first-order valence-electron chi connectivity index (χ1n) is 13.9. The first-order valence-corrected chi connectivity index (χ1v) is 13.9. The third-order valence-electron chi connectivity index (χ3n) is 8.00. The number of nitrogens with one attached hydrogen (secondary N) is 2. The molecule has 0 unspecified atom stereocenters. The minimum Gasteiger partial charge on any atom is -0.469 e. The van der Waals surface area contributed by atoms with E-state index in [1.165, 1.54) is 14.2 Å². The second kappa shape index (κ2) is 11.7. The maximum atomic E-state index is 12.4. The molecule has 2 aliphatic rings. The van der Waals surface area contributed by atoms with Crippen LogP contribution >= 0.6 is 0 Å². The molecule has 0 radical (unpaired) electrons. The van der Waals surface area contributed by atoms with E-state index in [-0.39, 0.29) is 36.2 Å². The summed E-state index contributed by atoms with van der Waals surface area (Å²) in [6.07, 6.45) is 2.91. The topological polar surface area (TPSA) is 153 Å². The molecule has 0 saturated heterocycles. The van der Waals surface area contributed by atoms with E-state index in [4.69, 9.17) is 14.5 Å². The van der Waals surface area contributed by atoms with Crippen molar-refractivity contribution >= 4 is 62.5 Å². The number of nitro groups is 1. The molecule has 2 N–H and O–H groups in total. The number of aromatic amines is 2. The van der Waals surface area contributed by atoms with Crippen molar-refractivity contribution < 1.29 is 24.0 Å². The van der Waals surface area contributed by atoms with E-state index in [1.54, 1.807) is 6.08 Å². The second-order valence-corrected chi connectivity index (χ2v) is 10.7. The predicted octanol–water partition coefficient (Wildman–Crippen LogP) is 6.39. The Balaban J connectivity index is 1.89. The highest BCUT2D eigenvalue weighted by Crippen LogP contribution is 2.36. The number of carbonyl (C=O) groups is 2. The smallest absolute Gasteiger partial charge is 0.318 e. The second-order valence-electron chi connectivity index (χ2n) is 10.7. The summed E-state index contributed by atoms with van der Waals surface area (Å²) < 4.78 is 9.78. The normalized spacial score (nSPS) is 12.7. The van der Waals surface area contributed by atoms with E-state index in [9.17, 15) is 19.7 Å². The summed E-state index contributed by atoms with van der Waals surface area (Å²) >= 11 is 0. The number of H-pyrrole nitrogens is 2. The molecule has 222 valence electrons. The molecule has 0 spiro atoms. The van der Waals surface area contributed by atoms with Crippen LogP contribution in [-0.4, -0.2) is 51.0 Å². The Bertz CT molecular complexity index is 1910. The number of aryl methyl sites for hydroxylation is 3. The van der Waals surface area contributed by atoms with Crippen LogP contribution in [0.4, 0.5) is 5.69 Å². The molecule has 8 bridgehead atoms. The molecule has 0 atom stereocenters. The van der Waals surface area contributed by atoms with Gasteiger partial charge in [-0.15, -0.1) is 0 Å². The van der Waals surface area contributed by atoms with Gasteiger partial charge in [0.1, 0.15) is 11.2 Å². The Labute approximate surface area is 247 Å². The number of fused-ring (bicyclic) bond motifs is 8. The molecule has 5 rings (SSSR count). The summed E-state index contributed by atoms with van der Waals surface area (Å²) in [7, 11) is 2.72. The van der Waals surface area contributed by atoms with Crippen molar-refractivity contribution in [1.29, 1.82) is 0 Å². The standard InChI is InChI=1S/C32H33N5O6/c1-16-12-28-32(37(40)41)31-17(2)11-20(33-31)13-24-18(3)21(7-9-29(38)42-5)26(35-24)15-27-22(8-10-30(39)43-6)19(4)25(36-27)14-23(16)34-28/h11-15,33,35H,7-10H2,1-6H3. The highest BCUT2D eigenvalue weighted by atomic mass is 16.6. The predicted molar refractivity (Wildman–Crippen MR) is 165 cm³/mol. The van der Waals surface area contributed by atoms with Crippen LogP contribution in [0.5, 0.6) is 0 Å². The van der Waals surface area contributed by atoms with Crippen LogP contribution in [-0.2, 0) is 25.5 Å². The molecule has 0 fully saturated rings. The fourth-order valence-electron chi connectivity index (χ4n) is 5.57. The number of nitrogens with zero attached hydrogens (tertiary/aromatic N) is 3.